The molecule has 0 bridgehead atoms. The number of H-pyrrole nitrogens is 1. The van der Waals surface area contributed by atoms with Gasteiger partial charge in [-0.25, -0.2) is 0 Å². The van der Waals surface area contributed by atoms with E-state index in [0.717, 1.165) is 43.0 Å². The average Bonchev–Trinajstić information content (AvgIpc) is 3.32. The van der Waals surface area contributed by atoms with E-state index in [1.165, 1.54) is 24.8 Å². The normalized spacial score (nSPS) is 23.1. The zero-order valence-electron chi connectivity index (χ0n) is 14.1. The number of nitrogens with one attached hydrogen (secondary N) is 3. The van der Waals surface area contributed by atoms with Gasteiger partial charge in [-0.1, -0.05) is 18.6 Å². The Morgan fingerprint density at radius 3 is 3.08 bits per heavy atom. The number of ether oxygens (including phenoxy) is 1. The molecular formula is C19H22N4O2. The molecule has 1 amide bonds. The number of hydrogen-bond acceptors (Lipinski definition) is 4. The first kappa shape index (κ1) is 15.0. The number of carbonyl (C=O) groups is 1. The lowest BCUT2D eigenvalue weighted by Crippen LogP contribution is -2.35. The summed E-state index contributed by atoms with van der Waals surface area (Å²) < 4.78 is 5.75. The van der Waals surface area contributed by atoms with Crippen LogP contribution in [0, 0.1) is 5.41 Å². The van der Waals surface area contributed by atoms with Crippen molar-refractivity contribution in [3.05, 3.63) is 29.8 Å². The number of anilines is 1. The molecule has 3 aliphatic rings. The third kappa shape index (κ3) is 2.52. The minimum atomic E-state index is -0.107. The largest absolute Gasteiger partial charge is 0.492 e. The number of hydrogen-bond donors (Lipinski definition) is 3. The number of aromatic amines is 1. The van der Waals surface area contributed by atoms with Crippen LogP contribution in [0.1, 0.15) is 31.2 Å². The first-order valence-corrected chi connectivity index (χ1v) is 9.07. The molecule has 1 spiro atoms. The molecule has 1 unspecified atom stereocenters. The molecule has 2 aliphatic heterocycles. The van der Waals surface area contributed by atoms with Crippen molar-refractivity contribution >= 4 is 11.7 Å². The van der Waals surface area contributed by atoms with Gasteiger partial charge in [-0.05, 0) is 36.3 Å². The minimum Gasteiger partial charge on any atom is -0.492 e. The molecule has 2 fully saturated rings. The quantitative estimate of drug-likeness (QED) is 0.803. The Balaban J connectivity index is 1.30. The van der Waals surface area contributed by atoms with Gasteiger partial charge >= 0.3 is 0 Å². The van der Waals surface area contributed by atoms with Gasteiger partial charge in [0.25, 0.3) is 0 Å². The monoisotopic (exact) mass is 338 g/mol. The standard InChI is InChI=1S/C19H22N4O2/c24-18(15-10-19(11-20-15)6-2-7-19)21-16-9-14(22-23-16)13-4-1-3-12-5-8-25-17(12)13/h1,3-4,9,15,20H,2,5-8,10-11H2,(H2,21,22,23,24). The lowest BCUT2D eigenvalue weighted by Gasteiger charge is -2.37. The first-order chi connectivity index (χ1) is 12.2. The van der Waals surface area contributed by atoms with Crippen molar-refractivity contribution in [3.8, 4) is 17.0 Å². The number of benzene rings is 1. The summed E-state index contributed by atoms with van der Waals surface area (Å²) in [6.07, 6.45) is 5.67. The predicted octanol–water partition coefficient (Wildman–Crippen LogP) is 2.48. The number of carbonyl (C=O) groups excluding carboxylic acids is 1. The molecule has 1 aromatic carbocycles. The second kappa shape index (κ2) is 5.59. The van der Waals surface area contributed by atoms with Gasteiger partial charge < -0.3 is 15.4 Å². The van der Waals surface area contributed by atoms with Crippen LogP contribution in [-0.4, -0.2) is 35.3 Å². The Hall–Kier alpha value is -2.34. The second-order valence-electron chi connectivity index (χ2n) is 7.54. The van der Waals surface area contributed by atoms with Crippen molar-refractivity contribution in [1.29, 1.82) is 0 Å². The van der Waals surface area contributed by atoms with Gasteiger partial charge in [-0.3, -0.25) is 9.89 Å². The summed E-state index contributed by atoms with van der Waals surface area (Å²) in [6, 6.07) is 7.91. The van der Waals surface area contributed by atoms with Gasteiger partial charge in [0.1, 0.15) is 5.75 Å². The topological polar surface area (TPSA) is 79.0 Å². The van der Waals surface area contributed by atoms with Gasteiger partial charge in [-0.15, -0.1) is 0 Å². The smallest absolute Gasteiger partial charge is 0.242 e. The molecule has 2 aromatic rings. The van der Waals surface area contributed by atoms with Gasteiger partial charge in [0.15, 0.2) is 5.82 Å². The van der Waals surface area contributed by atoms with E-state index in [2.05, 4.69) is 26.9 Å². The Morgan fingerprint density at radius 2 is 2.28 bits per heavy atom. The van der Waals surface area contributed by atoms with Crippen LogP contribution in [0.2, 0.25) is 0 Å². The maximum Gasteiger partial charge on any atom is 0.242 e. The van der Waals surface area contributed by atoms with E-state index in [1.807, 2.05) is 18.2 Å². The van der Waals surface area contributed by atoms with Crippen LogP contribution in [0.4, 0.5) is 5.82 Å². The fourth-order valence-electron chi connectivity index (χ4n) is 4.32. The minimum absolute atomic E-state index is 0.0105. The van der Waals surface area contributed by atoms with Gasteiger partial charge in [-0.2, -0.15) is 5.10 Å². The van der Waals surface area contributed by atoms with E-state index < -0.39 is 0 Å². The van der Waals surface area contributed by atoms with Crippen LogP contribution in [0.15, 0.2) is 24.3 Å². The van der Waals surface area contributed by atoms with Crippen molar-refractivity contribution < 1.29 is 9.53 Å². The van der Waals surface area contributed by atoms with E-state index in [-0.39, 0.29) is 11.9 Å². The molecule has 1 aliphatic carbocycles. The number of nitrogens with zero attached hydrogens (tertiary/aromatic N) is 1. The number of rotatable bonds is 3. The van der Waals surface area contributed by atoms with E-state index in [1.54, 1.807) is 0 Å². The summed E-state index contributed by atoms with van der Waals surface area (Å²) in [5.74, 6) is 1.50. The molecule has 1 aromatic heterocycles. The van der Waals surface area contributed by atoms with Crippen molar-refractivity contribution in [2.24, 2.45) is 5.41 Å². The fourth-order valence-corrected chi connectivity index (χ4v) is 4.32. The van der Waals surface area contributed by atoms with Gasteiger partial charge in [0.05, 0.1) is 18.3 Å². The zero-order valence-corrected chi connectivity index (χ0v) is 14.1. The highest BCUT2D eigenvalue weighted by Crippen LogP contribution is 2.47. The Labute approximate surface area is 146 Å². The van der Waals surface area contributed by atoms with E-state index in [0.29, 0.717) is 11.2 Å². The number of amides is 1. The van der Waals surface area contributed by atoms with E-state index in [9.17, 15) is 4.79 Å². The van der Waals surface area contributed by atoms with Gasteiger partial charge in [0.2, 0.25) is 5.91 Å². The molecule has 3 heterocycles. The van der Waals surface area contributed by atoms with Crippen molar-refractivity contribution in [3.63, 3.8) is 0 Å². The van der Waals surface area contributed by atoms with Crippen LogP contribution < -0.4 is 15.4 Å². The lowest BCUT2D eigenvalue weighted by atomic mass is 9.67. The molecule has 130 valence electrons. The Kier molecular flexibility index (Phi) is 3.35. The van der Waals surface area contributed by atoms with E-state index in [4.69, 9.17) is 4.74 Å². The molecule has 6 heteroatoms. The van der Waals surface area contributed by atoms with Crippen LogP contribution in [-0.2, 0) is 11.2 Å². The van der Waals surface area contributed by atoms with Crippen LogP contribution in [0.3, 0.4) is 0 Å². The highest BCUT2D eigenvalue weighted by Gasteiger charge is 2.45. The van der Waals surface area contributed by atoms with Crippen molar-refractivity contribution in [2.45, 2.75) is 38.1 Å². The van der Waals surface area contributed by atoms with Crippen molar-refractivity contribution in [2.75, 3.05) is 18.5 Å². The van der Waals surface area contributed by atoms with Crippen molar-refractivity contribution in [1.82, 2.24) is 15.5 Å². The van der Waals surface area contributed by atoms with E-state index >= 15 is 0 Å². The molecule has 1 saturated carbocycles. The maximum absolute atomic E-state index is 12.5. The molecule has 3 N–H and O–H groups in total. The predicted molar refractivity (Wildman–Crippen MR) is 94.5 cm³/mol. The second-order valence-corrected chi connectivity index (χ2v) is 7.54. The number of aromatic nitrogens is 2. The molecule has 6 nitrogen and oxygen atoms in total. The first-order valence-electron chi connectivity index (χ1n) is 9.07. The third-order valence-corrected chi connectivity index (χ3v) is 5.92. The maximum atomic E-state index is 12.5. The molecule has 1 atom stereocenters. The number of para-hydroxylation sites is 1. The summed E-state index contributed by atoms with van der Waals surface area (Å²) in [4.78, 5) is 12.5. The third-order valence-electron chi connectivity index (χ3n) is 5.92. The number of fused-ring (bicyclic) bond motifs is 1. The summed E-state index contributed by atoms with van der Waals surface area (Å²) in [5.41, 5.74) is 3.46. The summed E-state index contributed by atoms with van der Waals surface area (Å²) in [5, 5.41) is 13.6. The summed E-state index contributed by atoms with van der Waals surface area (Å²) >= 11 is 0. The molecule has 1 saturated heterocycles. The fraction of sp³-hybridized carbons (Fsp3) is 0.474. The Bertz CT molecular complexity index is 825. The molecule has 5 rings (SSSR count). The average molecular weight is 338 g/mol. The lowest BCUT2D eigenvalue weighted by molar-refractivity contribution is -0.118. The highest BCUT2D eigenvalue weighted by molar-refractivity contribution is 5.94. The summed E-state index contributed by atoms with van der Waals surface area (Å²) in [7, 11) is 0. The SMILES string of the molecule is O=C(Nc1cc(-c2cccc3c2OCC3)[nH]n1)C1CC2(CCC2)CN1. The molecule has 25 heavy (non-hydrogen) atoms. The molecular weight excluding hydrogens is 316 g/mol. The van der Waals surface area contributed by atoms with Crippen LogP contribution >= 0.6 is 0 Å². The highest BCUT2D eigenvalue weighted by atomic mass is 16.5. The zero-order chi connectivity index (χ0) is 16.9. The Morgan fingerprint density at radius 1 is 1.36 bits per heavy atom. The summed E-state index contributed by atoms with van der Waals surface area (Å²) in [6.45, 7) is 1.68. The van der Waals surface area contributed by atoms with Crippen LogP contribution in [0.5, 0.6) is 5.75 Å². The molecule has 0 radical (unpaired) electrons. The van der Waals surface area contributed by atoms with Gasteiger partial charge in [0, 0.05) is 24.6 Å². The van der Waals surface area contributed by atoms with Crippen LogP contribution in [0.25, 0.3) is 11.3 Å².